The van der Waals surface area contributed by atoms with Crippen molar-refractivity contribution in [3.05, 3.63) is 96.1 Å². The number of carbonyl (C=O) groups excluding carboxylic acids is 1. The summed E-state index contributed by atoms with van der Waals surface area (Å²) in [6.45, 7) is 1.40. The largest absolute Gasteiger partial charge is 0.497 e. The molecule has 0 spiro atoms. The van der Waals surface area contributed by atoms with Crippen molar-refractivity contribution in [2.24, 2.45) is 0 Å². The smallest absolute Gasteiger partial charge is 0.251 e. The lowest BCUT2D eigenvalue weighted by atomic mass is 10.2. The Kier molecular flexibility index (Phi) is 8.96. The highest BCUT2D eigenvalue weighted by Gasteiger charge is 2.17. The molecule has 4 nitrogen and oxygen atoms in total. The van der Waals surface area contributed by atoms with E-state index in [1.807, 2.05) is 85.7 Å². The molecule has 0 radical (unpaired) electrons. The highest BCUT2D eigenvalue weighted by molar-refractivity contribution is 7.98. The molecule has 0 aromatic heterocycles. The molecule has 0 unspecified atom stereocenters. The molecule has 32 heavy (non-hydrogen) atoms. The number of methoxy groups -OCH3 is 1. The number of rotatable bonds is 10. The Morgan fingerprint density at radius 1 is 0.906 bits per heavy atom. The number of amides is 1. The van der Waals surface area contributed by atoms with Crippen LogP contribution in [0.25, 0.3) is 6.08 Å². The fraction of sp³-hybridized carbons (Fsp3) is 0.222. The van der Waals surface area contributed by atoms with Crippen LogP contribution in [0.2, 0.25) is 0 Å². The first-order chi connectivity index (χ1) is 15.6. The molecule has 3 rings (SSSR count). The number of para-hydroxylation sites is 1. The summed E-state index contributed by atoms with van der Waals surface area (Å²) in [4.78, 5) is 18.3. The molecular formula is C27H30N2O2S. The number of nitrogens with zero attached hydrogens (tertiary/aromatic N) is 2. The van der Waals surface area contributed by atoms with Gasteiger partial charge in [0.25, 0.3) is 5.91 Å². The maximum atomic E-state index is 13.2. The lowest BCUT2D eigenvalue weighted by Crippen LogP contribution is -2.36. The van der Waals surface area contributed by atoms with E-state index in [-0.39, 0.29) is 5.91 Å². The van der Waals surface area contributed by atoms with E-state index in [1.165, 1.54) is 5.56 Å². The molecular weight excluding hydrogens is 416 g/mol. The molecule has 0 fully saturated rings. The third-order valence-corrected chi connectivity index (χ3v) is 6.10. The van der Waals surface area contributed by atoms with Crippen LogP contribution in [0.4, 0.5) is 5.69 Å². The summed E-state index contributed by atoms with van der Waals surface area (Å²) in [7, 11) is 5.71. The molecule has 0 aliphatic rings. The zero-order valence-corrected chi connectivity index (χ0v) is 19.7. The zero-order chi connectivity index (χ0) is 22.8. The summed E-state index contributed by atoms with van der Waals surface area (Å²) in [6.07, 6.45) is 3.54. The van der Waals surface area contributed by atoms with Crippen LogP contribution in [-0.2, 0) is 10.5 Å². The lowest BCUT2D eigenvalue weighted by molar-refractivity contribution is -0.114. The highest BCUT2D eigenvalue weighted by atomic mass is 32.2. The molecule has 3 aromatic rings. The van der Waals surface area contributed by atoms with Gasteiger partial charge in [0.05, 0.1) is 12.8 Å². The summed E-state index contributed by atoms with van der Waals surface area (Å²) < 4.78 is 5.25. The van der Waals surface area contributed by atoms with Crippen LogP contribution in [0.3, 0.4) is 0 Å². The summed E-state index contributed by atoms with van der Waals surface area (Å²) in [5.41, 5.74) is 3.16. The first kappa shape index (κ1) is 23.6. The number of likely N-dealkylation sites (N-methyl/N-ethyl adjacent to an activating group) is 1. The number of carbonyl (C=O) groups is 1. The number of thioether (sulfide) groups is 1. The van der Waals surface area contributed by atoms with Crippen molar-refractivity contribution in [1.29, 1.82) is 0 Å². The molecule has 0 aliphatic heterocycles. The standard InChI is InChI=1S/C27H30N2O2S/c1-28(2)19-20-29(27(30)18-15-22-9-5-4-6-10-22)25-11-7-8-12-26(25)32-21-23-13-16-24(31-3)17-14-23/h4-18H,19-21H2,1-3H3. The second-order valence-electron chi connectivity index (χ2n) is 7.64. The molecule has 166 valence electrons. The van der Waals surface area contributed by atoms with E-state index in [1.54, 1.807) is 24.9 Å². The Labute approximate surface area is 195 Å². The van der Waals surface area contributed by atoms with E-state index in [0.717, 1.165) is 34.2 Å². The summed E-state index contributed by atoms with van der Waals surface area (Å²) >= 11 is 1.74. The van der Waals surface area contributed by atoms with Crippen LogP contribution in [-0.4, -0.2) is 45.1 Å². The molecule has 5 heteroatoms. The lowest BCUT2D eigenvalue weighted by Gasteiger charge is -2.25. The molecule has 0 heterocycles. The van der Waals surface area contributed by atoms with Gasteiger partial charge in [-0.25, -0.2) is 0 Å². The molecule has 3 aromatic carbocycles. The van der Waals surface area contributed by atoms with Gasteiger partial charge in [-0.05, 0) is 55.6 Å². The van der Waals surface area contributed by atoms with Crippen LogP contribution >= 0.6 is 11.8 Å². The minimum absolute atomic E-state index is 0.0202. The molecule has 1 amide bonds. The van der Waals surface area contributed by atoms with Gasteiger partial charge >= 0.3 is 0 Å². The average molecular weight is 447 g/mol. The van der Waals surface area contributed by atoms with Gasteiger partial charge in [-0.1, -0.05) is 54.6 Å². The van der Waals surface area contributed by atoms with Crippen molar-refractivity contribution >= 4 is 29.4 Å². The topological polar surface area (TPSA) is 32.8 Å². The van der Waals surface area contributed by atoms with Crippen LogP contribution < -0.4 is 9.64 Å². The number of anilines is 1. The van der Waals surface area contributed by atoms with Crippen LogP contribution in [0.15, 0.2) is 89.8 Å². The fourth-order valence-electron chi connectivity index (χ4n) is 3.16. The SMILES string of the molecule is COc1ccc(CSc2ccccc2N(CCN(C)C)C(=O)C=Cc2ccccc2)cc1. The summed E-state index contributed by atoms with van der Waals surface area (Å²) in [5.74, 6) is 1.65. The molecule has 0 aliphatic carbocycles. The Bertz CT molecular complexity index is 1020. The van der Waals surface area contributed by atoms with Crippen LogP contribution in [0, 0.1) is 0 Å². The Morgan fingerprint density at radius 3 is 2.28 bits per heavy atom. The molecule has 0 atom stereocenters. The number of hydrogen-bond acceptors (Lipinski definition) is 4. The third kappa shape index (κ3) is 7.01. The van der Waals surface area contributed by atoms with E-state index in [2.05, 4.69) is 23.1 Å². The zero-order valence-electron chi connectivity index (χ0n) is 18.9. The molecule has 0 bridgehead atoms. The van der Waals surface area contributed by atoms with E-state index in [0.29, 0.717) is 6.54 Å². The van der Waals surface area contributed by atoms with Gasteiger partial charge < -0.3 is 14.5 Å². The fourth-order valence-corrected chi connectivity index (χ4v) is 4.17. The quantitative estimate of drug-likeness (QED) is 0.300. The first-order valence-corrected chi connectivity index (χ1v) is 11.6. The van der Waals surface area contributed by atoms with Crippen molar-refractivity contribution in [2.45, 2.75) is 10.6 Å². The Balaban J connectivity index is 1.80. The normalized spacial score (nSPS) is 11.1. The maximum Gasteiger partial charge on any atom is 0.251 e. The molecule has 0 N–H and O–H groups in total. The van der Waals surface area contributed by atoms with Gasteiger partial charge in [0.15, 0.2) is 0 Å². The minimum atomic E-state index is -0.0202. The van der Waals surface area contributed by atoms with Gasteiger partial charge in [0.2, 0.25) is 0 Å². The molecule has 0 saturated carbocycles. The first-order valence-electron chi connectivity index (χ1n) is 10.6. The van der Waals surface area contributed by atoms with Crippen molar-refractivity contribution < 1.29 is 9.53 Å². The maximum absolute atomic E-state index is 13.2. The van der Waals surface area contributed by atoms with Gasteiger partial charge in [0.1, 0.15) is 5.75 Å². The number of benzene rings is 3. The van der Waals surface area contributed by atoms with E-state index in [9.17, 15) is 4.79 Å². The summed E-state index contributed by atoms with van der Waals surface area (Å²) in [5, 5.41) is 0. The van der Waals surface area contributed by atoms with Crippen molar-refractivity contribution in [2.75, 3.05) is 39.2 Å². The summed E-state index contributed by atoms with van der Waals surface area (Å²) in [6, 6.07) is 26.1. The van der Waals surface area contributed by atoms with Gasteiger partial charge in [-0.2, -0.15) is 0 Å². The Morgan fingerprint density at radius 2 is 1.59 bits per heavy atom. The number of ether oxygens (including phenoxy) is 1. The number of hydrogen-bond donors (Lipinski definition) is 0. The van der Waals surface area contributed by atoms with E-state index in [4.69, 9.17) is 4.74 Å². The average Bonchev–Trinajstić information content (AvgIpc) is 2.83. The van der Waals surface area contributed by atoms with E-state index < -0.39 is 0 Å². The van der Waals surface area contributed by atoms with Gasteiger partial charge in [-0.15, -0.1) is 11.8 Å². The minimum Gasteiger partial charge on any atom is -0.497 e. The monoisotopic (exact) mass is 446 g/mol. The predicted molar refractivity (Wildman–Crippen MR) is 135 cm³/mol. The van der Waals surface area contributed by atoms with E-state index >= 15 is 0 Å². The third-order valence-electron chi connectivity index (χ3n) is 4.96. The van der Waals surface area contributed by atoms with Crippen molar-refractivity contribution in [3.8, 4) is 5.75 Å². The highest BCUT2D eigenvalue weighted by Crippen LogP contribution is 2.33. The Hall–Kier alpha value is -3.02. The molecule has 0 saturated heterocycles. The second-order valence-corrected chi connectivity index (χ2v) is 8.66. The van der Waals surface area contributed by atoms with Crippen molar-refractivity contribution in [3.63, 3.8) is 0 Å². The van der Waals surface area contributed by atoms with Gasteiger partial charge in [0, 0.05) is 29.8 Å². The predicted octanol–water partition coefficient (Wildman–Crippen LogP) is 5.60. The van der Waals surface area contributed by atoms with Gasteiger partial charge in [-0.3, -0.25) is 4.79 Å². The second kappa shape index (κ2) is 12.1. The van der Waals surface area contributed by atoms with Crippen LogP contribution in [0.1, 0.15) is 11.1 Å². The van der Waals surface area contributed by atoms with Crippen molar-refractivity contribution in [1.82, 2.24) is 4.90 Å². The van der Waals surface area contributed by atoms with Crippen LogP contribution in [0.5, 0.6) is 5.75 Å².